The number of carbonyl (C=O) groups is 1. The molecule has 0 bridgehead atoms. The first-order valence-corrected chi connectivity index (χ1v) is 10.7. The van der Waals surface area contributed by atoms with Gasteiger partial charge in [-0.15, -0.1) is 11.3 Å². The van der Waals surface area contributed by atoms with Crippen molar-refractivity contribution in [2.45, 2.75) is 24.7 Å². The summed E-state index contributed by atoms with van der Waals surface area (Å²) in [5, 5.41) is 2.70. The number of benzene rings is 1. The van der Waals surface area contributed by atoms with E-state index in [4.69, 9.17) is 0 Å². The van der Waals surface area contributed by atoms with Crippen molar-refractivity contribution in [3.05, 3.63) is 80.4 Å². The minimum atomic E-state index is -0.246. The van der Waals surface area contributed by atoms with Crippen LogP contribution in [-0.4, -0.2) is 32.7 Å². The summed E-state index contributed by atoms with van der Waals surface area (Å²) in [7, 11) is 0. The van der Waals surface area contributed by atoms with Crippen LogP contribution < -0.4 is 5.56 Å². The molecule has 1 aliphatic rings. The van der Waals surface area contributed by atoms with E-state index in [0.29, 0.717) is 24.8 Å². The molecular formula is C20H19N3O2S2. The first-order valence-electron chi connectivity index (χ1n) is 8.80. The van der Waals surface area contributed by atoms with Gasteiger partial charge in [-0.3, -0.25) is 14.2 Å². The summed E-state index contributed by atoms with van der Waals surface area (Å²) in [5.74, 6) is 0.580. The fourth-order valence-corrected chi connectivity index (χ4v) is 4.72. The molecule has 0 atom stereocenters. The predicted molar refractivity (Wildman–Crippen MR) is 108 cm³/mol. The molecule has 0 saturated heterocycles. The minimum absolute atomic E-state index is 0.158. The quantitative estimate of drug-likeness (QED) is 0.599. The number of hydrogen-bond donors (Lipinski definition) is 0. The van der Waals surface area contributed by atoms with Crippen molar-refractivity contribution < 1.29 is 4.79 Å². The third-order valence-corrected chi connectivity index (χ3v) is 6.35. The molecule has 1 aromatic carbocycles. The number of nitrogens with zero attached hydrogens (tertiary/aromatic N) is 3. The van der Waals surface area contributed by atoms with Crippen LogP contribution in [0.4, 0.5) is 0 Å². The fraction of sp³-hybridized carbons (Fsp3) is 0.250. The zero-order valence-electron chi connectivity index (χ0n) is 14.7. The molecule has 2 aromatic heterocycles. The average Bonchev–Trinajstić information content (AvgIpc) is 3.38. The van der Waals surface area contributed by atoms with E-state index in [1.165, 1.54) is 11.8 Å². The second-order valence-corrected chi connectivity index (χ2v) is 8.40. The summed E-state index contributed by atoms with van der Waals surface area (Å²) in [4.78, 5) is 33.1. The van der Waals surface area contributed by atoms with Gasteiger partial charge in [0.05, 0.1) is 6.54 Å². The van der Waals surface area contributed by atoms with Crippen molar-refractivity contribution >= 4 is 29.0 Å². The number of thioether (sulfide) groups is 1. The lowest BCUT2D eigenvalue weighted by molar-refractivity contribution is 0.0743. The lowest BCUT2D eigenvalue weighted by atomic mass is 10.1. The highest BCUT2D eigenvalue weighted by Crippen LogP contribution is 2.21. The highest BCUT2D eigenvalue weighted by atomic mass is 32.2. The molecule has 138 valence electrons. The summed E-state index contributed by atoms with van der Waals surface area (Å²) in [6.45, 7) is 1.66. The molecule has 3 aromatic rings. The van der Waals surface area contributed by atoms with E-state index in [0.717, 1.165) is 17.1 Å². The number of thiophene rings is 1. The standard InChI is InChI=1S/C20H19N3O2S2/c24-18(17-13-21-20-23(19(17)25)10-12-27-20)22(14-16-7-4-11-26-16)9-8-15-5-2-1-3-6-15/h1-7,11,13H,8-10,12,14H2. The Morgan fingerprint density at radius 3 is 2.81 bits per heavy atom. The molecule has 1 aliphatic heterocycles. The highest BCUT2D eigenvalue weighted by molar-refractivity contribution is 7.99. The number of rotatable bonds is 6. The molecule has 4 rings (SSSR count). The van der Waals surface area contributed by atoms with Crippen molar-refractivity contribution in [3.63, 3.8) is 0 Å². The largest absolute Gasteiger partial charge is 0.333 e. The van der Waals surface area contributed by atoms with E-state index >= 15 is 0 Å². The van der Waals surface area contributed by atoms with Gasteiger partial charge in [-0.25, -0.2) is 4.98 Å². The number of amides is 1. The molecule has 27 heavy (non-hydrogen) atoms. The summed E-state index contributed by atoms with van der Waals surface area (Å²) >= 11 is 3.16. The molecule has 0 unspecified atom stereocenters. The van der Waals surface area contributed by atoms with Crippen LogP contribution >= 0.6 is 23.1 Å². The Morgan fingerprint density at radius 1 is 1.19 bits per heavy atom. The summed E-state index contributed by atoms with van der Waals surface area (Å²) < 4.78 is 1.61. The van der Waals surface area contributed by atoms with Gasteiger partial charge >= 0.3 is 0 Å². The zero-order chi connectivity index (χ0) is 18.6. The number of carbonyl (C=O) groups excluding carboxylic acids is 1. The Balaban J connectivity index is 1.59. The molecule has 0 saturated carbocycles. The third kappa shape index (κ3) is 3.99. The summed E-state index contributed by atoms with van der Waals surface area (Å²) in [6, 6.07) is 14.1. The van der Waals surface area contributed by atoms with Crippen molar-refractivity contribution in [2.24, 2.45) is 0 Å². The molecule has 0 fully saturated rings. The van der Waals surface area contributed by atoms with Crippen molar-refractivity contribution in [1.82, 2.24) is 14.5 Å². The molecule has 3 heterocycles. The monoisotopic (exact) mass is 397 g/mol. The Morgan fingerprint density at radius 2 is 2.04 bits per heavy atom. The van der Waals surface area contributed by atoms with Gasteiger partial charge in [0.1, 0.15) is 5.56 Å². The van der Waals surface area contributed by atoms with Crippen LogP contribution in [0.1, 0.15) is 20.8 Å². The molecule has 5 nitrogen and oxygen atoms in total. The van der Waals surface area contributed by atoms with E-state index in [2.05, 4.69) is 17.1 Å². The Hall–Kier alpha value is -2.38. The smallest absolute Gasteiger partial charge is 0.267 e. The Kier molecular flexibility index (Phi) is 5.40. The van der Waals surface area contributed by atoms with Crippen LogP contribution in [-0.2, 0) is 19.5 Å². The van der Waals surface area contributed by atoms with Gasteiger partial charge in [0.2, 0.25) is 0 Å². The van der Waals surface area contributed by atoms with Gasteiger partial charge in [-0.05, 0) is 23.4 Å². The topological polar surface area (TPSA) is 55.2 Å². The number of hydrogen-bond acceptors (Lipinski definition) is 5. The van der Waals surface area contributed by atoms with Gasteiger partial charge in [-0.2, -0.15) is 0 Å². The van der Waals surface area contributed by atoms with Crippen molar-refractivity contribution in [1.29, 1.82) is 0 Å². The van der Waals surface area contributed by atoms with E-state index in [1.807, 2.05) is 35.7 Å². The number of fused-ring (bicyclic) bond motifs is 1. The van der Waals surface area contributed by atoms with Gasteiger partial charge in [0, 0.05) is 29.9 Å². The summed E-state index contributed by atoms with van der Waals surface area (Å²) in [6.07, 6.45) is 2.19. The highest BCUT2D eigenvalue weighted by Gasteiger charge is 2.24. The molecule has 0 N–H and O–H groups in total. The van der Waals surface area contributed by atoms with Crippen LogP contribution in [0.2, 0.25) is 0 Å². The van der Waals surface area contributed by atoms with Crippen LogP contribution in [0.15, 0.2) is 64.0 Å². The van der Waals surface area contributed by atoms with Crippen molar-refractivity contribution in [3.8, 4) is 0 Å². The summed E-state index contributed by atoms with van der Waals surface area (Å²) in [5.41, 5.74) is 1.10. The first kappa shape index (κ1) is 18.0. The maximum absolute atomic E-state index is 13.2. The van der Waals surface area contributed by atoms with Gasteiger partial charge < -0.3 is 4.90 Å². The first-order chi connectivity index (χ1) is 13.2. The van der Waals surface area contributed by atoms with Crippen LogP contribution in [0, 0.1) is 0 Å². The zero-order valence-corrected chi connectivity index (χ0v) is 16.3. The SMILES string of the molecule is O=C(c1cnc2n(c1=O)CCS2)N(CCc1ccccc1)Cc1cccs1. The lowest BCUT2D eigenvalue weighted by Crippen LogP contribution is -2.37. The third-order valence-electron chi connectivity index (χ3n) is 4.51. The van der Waals surface area contributed by atoms with Gasteiger partial charge in [0.15, 0.2) is 5.16 Å². The molecule has 1 amide bonds. The molecule has 7 heteroatoms. The second kappa shape index (κ2) is 8.10. The average molecular weight is 398 g/mol. The Bertz CT molecular complexity index is 984. The fourth-order valence-electron chi connectivity index (χ4n) is 3.09. The van der Waals surface area contributed by atoms with Gasteiger partial charge in [-0.1, -0.05) is 48.2 Å². The maximum atomic E-state index is 13.2. The van der Waals surface area contributed by atoms with Crippen LogP contribution in [0.25, 0.3) is 0 Å². The number of aromatic nitrogens is 2. The maximum Gasteiger partial charge on any atom is 0.267 e. The molecular weight excluding hydrogens is 378 g/mol. The second-order valence-electron chi connectivity index (χ2n) is 6.30. The van der Waals surface area contributed by atoms with E-state index < -0.39 is 0 Å². The molecule has 0 radical (unpaired) electrons. The van der Waals surface area contributed by atoms with Crippen LogP contribution in [0.3, 0.4) is 0 Å². The van der Waals surface area contributed by atoms with E-state index in [9.17, 15) is 9.59 Å². The predicted octanol–water partition coefficient (Wildman–Crippen LogP) is 3.30. The minimum Gasteiger partial charge on any atom is -0.333 e. The van der Waals surface area contributed by atoms with E-state index in [1.54, 1.807) is 32.6 Å². The van der Waals surface area contributed by atoms with Gasteiger partial charge in [0.25, 0.3) is 11.5 Å². The van der Waals surface area contributed by atoms with Crippen molar-refractivity contribution in [2.75, 3.05) is 12.3 Å². The van der Waals surface area contributed by atoms with Crippen LogP contribution in [0.5, 0.6) is 0 Å². The Labute approximate surface area is 165 Å². The molecule has 0 spiro atoms. The normalized spacial score (nSPS) is 12.7. The van der Waals surface area contributed by atoms with E-state index in [-0.39, 0.29) is 17.0 Å². The molecule has 0 aliphatic carbocycles. The lowest BCUT2D eigenvalue weighted by Gasteiger charge is -2.22.